The third kappa shape index (κ3) is 4.05. The molecule has 1 heterocycles. The summed E-state index contributed by atoms with van der Waals surface area (Å²) >= 11 is 1.44. The highest BCUT2D eigenvalue weighted by Crippen LogP contribution is 2.20. The van der Waals surface area contributed by atoms with Gasteiger partial charge < -0.3 is 14.6 Å². The van der Waals surface area contributed by atoms with Crippen molar-refractivity contribution in [3.63, 3.8) is 0 Å². The van der Waals surface area contributed by atoms with Crippen LogP contribution in [0.3, 0.4) is 0 Å². The van der Waals surface area contributed by atoms with Gasteiger partial charge in [0.1, 0.15) is 0 Å². The fourth-order valence-electron chi connectivity index (χ4n) is 1.46. The van der Waals surface area contributed by atoms with E-state index in [9.17, 15) is 5.11 Å². The summed E-state index contributed by atoms with van der Waals surface area (Å²) in [5.74, 6) is 1.98. The van der Waals surface area contributed by atoms with E-state index in [1.54, 1.807) is 0 Å². The number of nitrogens with zero attached hydrogens (tertiary/aromatic N) is 2. The summed E-state index contributed by atoms with van der Waals surface area (Å²) in [5.41, 5.74) is 2.07. The lowest BCUT2D eigenvalue weighted by molar-refractivity contribution is 0.113. The Labute approximate surface area is 115 Å². The molecule has 19 heavy (non-hydrogen) atoms. The van der Waals surface area contributed by atoms with Crippen molar-refractivity contribution in [1.29, 1.82) is 0 Å². The van der Waals surface area contributed by atoms with Gasteiger partial charge in [0.15, 0.2) is 0 Å². The number of thioether (sulfide) groups is 1. The topological polar surface area (TPSA) is 79.4 Å². The SMILES string of the molecule is Cc1ccc(-c2nnc(CSCC(O)CO)o2)cc1. The van der Waals surface area contributed by atoms with Crippen molar-refractivity contribution in [1.82, 2.24) is 10.2 Å². The van der Waals surface area contributed by atoms with Crippen molar-refractivity contribution < 1.29 is 14.6 Å². The first kappa shape index (κ1) is 14.0. The molecule has 5 nitrogen and oxygen atoms in total. The third-order valence-electron chi connectivity index (χ3n) is 2.51. The molecule has 0 aliphatic heterocycles. The highest BCUT2D eigenvalue weighted by atomic mass is 32.2. The molecule has 0 aliphatic rings. The number of aliphatic hydroxyl groups is 2. The van der Waals surface area contributed by atoms with Gasteiger partial charge in [-0.2, -0.15) is 0 Å². The number of benzene rings is 1. The summed E-state index contributed by atoms with van der Waals surface area (Å²) in [4.78, 5) is 0. The van der Waals surface area contributed by atoms with E-state index < -0.39 is 6.10 Å². The van der Waals surface area contributed by atoms with E-state index in [1.807, 2.05) is 31.2 Å². The molecule has 1 aromatic carbocycles. The van der Waals surface area contributed by atoms with Gasteiger partial charge in [-0.05, 0) is 19.1 Å². The van der Waals surface area contributed by atoms with E-state index in [0.717, 1.165) is 5.56 Å². The van der Waals surface area contributed by atoms with Gasteiger partial charge in [-0.3, -0.25) is 0 Å². The smallest absolute Gasteiger partial charge is 0.247 e. The van der Waals surface area contributed by atoms with Crippen LogP contribution in [0, 0.1) is 6.92 Å². The largest absolute Gasteiger partial charge is 0.420 e. The number of hydrogen-bond acceptors (Lipinski definition) is 6. The van der Waals surface area contributed by atoms with Crippen molar-refractivity contribution in [3.05, 3.63) is 35.7 Å². The molecule has 0 amide bonds. The molecular formula is C13H16N2O3S. The van der Waals surface area contributed by atoms with Crippen molar-refractivity contribution in [2.45, 2.75) is 18.8 Å². The Kier molecular flexibility index (Phi) is 4.95. The summed E-state index contributed by atoms with van der Waals surface area (Å²) in [6.07, 6.45) is -0.704. The van der Waals surface area contributed by atoms with Gasteiger partial charge in [-0.25, -0.2) is 0 Å². The predicted molar refractivity (Wildman–Crippen MR) is 73.7 cm³/mol. The Morgan fingerprint density at radius 3 is 2.68 bits per heavy atom. The normalized spacial score (nSPS) is 12.6. The molecule has 102 valence electrons. The minimum Gasteiger partial charge on any atom is -0.420 e. The van der Waals surface area contributed by atoms with Crippen molar-refractivity contribution in [3.8, 4) is 11.5 Å². The quantitative estimate of drug-likeness (QED) is 0.837. The number of aryl methyl sites for hydroxylation is 1. The van der Waals surface area contributed by atoms with Crippen LogP contribution < -0.4 is 0 Å². The molecule has 0 saturated heterocycles. The maximum absolute atomic E-state index is 9.21. The molecule has 0 radical (unpaired) electrons. The zero-order valence-corrected chi connectivity index (χ0v) is 11.4. The fraction of sp³-hybridized carbons (Fsp3) is 0.385. The van der Waals surface area contributed by atoms with Crippen molar-refractivity contribution in [2.24, 2.45) is 0 Å². The molecule has 1 unspecified atom stereocenters. The highest BCUT2D eigenvalue weighted by Gasteiger charge is 2.09. The molecule has 0 fully saturated rings. The highest BCUT2D eigenvalue weighted by molar-refractivity contribution is 7.98. The molecule has 2 aromatic rings. The second kappa shape index (κ2) is 6.70. The lowest BCUT2D eigenvalue weighted by Crippen LogP contribution is -2.14. The van der Waals surface area contributed by atoms with Crippen LogP contribution in [0.2, 0.25) is 0 Å². The number of rotatable bonds is 6. The maximum atomic E-state index is 9.21. The average Bonchev–Trinajstić information content (AvgIpc) is 2.88. The van der Waals surface area contributed by atoms with Crippen molar-refractivity contribution in [2.75, 3.05) is 12.4 Å². The van der Waals surface area contributed by atoms with E-state index in [1.165, 1.54) is 17.3 Å². The average molecular weight is 280 g/mol. The van der Waals surface area contributed by atoms with E-state index in [4.69, 9.17) is 9.52 Å². The minimum absolute atomic E-state index is 0.231. The zero-order chi connectivity index (χ0) is 13.7. The zero-order valence-electron chi connectivity index (χ0n) is 10.6. The van der Waals surface area contributed by atoms with Crippen LogP contribution in [0.25, 0.3) is 11.5 Å². The van der Waals surface area contributed by atoms with Gasteiger partial charge in [0, 0.05) is 11.3 Å². The van der Waals surface area contributed by atoms with E-state index in [2.05, 4.69) is 10.2 Å². The van der Waals surface area contributed by atoms with Crippen LogP contribution in [-0.4, -0.2) is 38.9 Å². The lowest BCUT2D eigenvalue weighted by Gasteiger charge is -2.03. The van der Waals surface area contributed by atoms with Crippen molar-refractivity contribution >= 4 is 11.8 Å². The number of aliphatic hydroxyl groups excluding tert-OH is 2. The lowest BCUT2D eigenvalue weighted by atomic mass is 10.1. The number of aromatic nitrogens is 2. The first-order chi connectivity index (χ1) is 9.19. The van der Waals surface area contributed by atoms with Gasteiger partial charge >= 0.3 is 0 Å². The van der Waals surface area contributed by atoms with Gasteiger partial charge in [-0.15, -0.1) is 22.0 Å². The molecule has 2 rings (SSSR count). The molecule has 0 aliphatic carbocycles. The first-order valence-electron chi connectivity index (χ1n) is 5.95. The van der Waals surface area contributed by atoms with Crippen LogP contribution in [0.4, 0.5) is 0 Å². The van der Waals surface area contributed by atoms with Gasteiger partial charge in [-0.1, -0.05) is 17.7 Å². The summed E-state index contributed by atoms with van der Waals surface area (Å²) in [5, 5.41) is 25.8. The van der Waals surface area contributed by atoms with Crippen LogP contribution in [-0.2, 0) is 5.75 Å². The second-order valence-electron chi connectivity index (χ2n) is 4.22. The van der Waals surface area contributed by atoms with Crippen LogP contribution in [0.1, 0.15) is 11.5 Å². The Morgan fingerprint density at radius 2 is 2.00 bits per heavy atom. The molecule has 2 N–H and O–H groups in total. The van der Waals surface area contributed by atoms with E-state index in [0.29, 0.717) is 23.3 Å². The molecule has 0 saturated carbocycles. The Bertz CT molecular complexity index is 513. The minimum atomic E-state index is -0.704. The summed E-state index contributed by atoms with van der Waals surface area (Å²) in [6, 6.07) is 7.86. The van der Waals surface area contributed by atoms with E-state index >= 15 is 0 Å². The summed E-state index contributed by atoms with van der Waals surface area (Å²) < 4.78 is 5.54. The first-order valence-corrected chi connectivity index (χ1v) is 7.10. The predicted octanol–water partition coefficient (Wildman–Crippen LogP) is 1.63. The summed E-state index contributed by atoms with van der Waals surface area (Å²) in [7, 11) is 0. The summed E-state index contributed by atoms with van der Waals surface area (Å²) in [6.45, 7) is 1.79. The Hall–Kier alpha value is -1.37. The fourth-order valence-corrected chi connectivity index (χ4v) is 2.25. The van der Waals surface area contributed by atoms with Crippen LogP contribution in [0.5, 0.6) is 0 Å². The molecular weight excluding hydrogens is 264 g/mol. The third-order valence-corrected chi connectivity index (χ3v) is 3.58. The molecule has 1 aromatic heterocycles. The monoisotopic (exact) mass is 280 g/mol. The standard InChI is InChI=1S/C13H16N2O3S/c1-9-2-4-10(5-3-9)13-15-14-12(18-13)8-19-7-11(17)6-16/h2-5,11,16-17H,6-8H2,1H3. The molecule has 1 atom stereocenters. The Morgan fingerprint density at radius 1 is 1.26 bits per heavy atom. The number of hydrogen-bond donors (Lipinski definition) is 2. The van der Waals surface area contributed by atoms with Crippen LogP contribution >= 0.6 is 11.8 Å². The van der Waals surface area contributed by atoms with Gasteiger partial charge in [0.25, 0.3) is 0 Å². The second-order valence-corrected chi connectivity index (χ2v) is 5.25. The molecule has 0 spiro atoms. The molecule has 6 heteroatoms. The maximum Gasteiger partial charge on any atom is 0.247 e. The van der Waals surface area contributed by atoms with Gasteiger partial charge in [0.2, 0.25) is 11.8 Å². The van der Waals surface area contributed by atoms with Gasteiger partial charge in [0.05, 0.1) is 18.5 Å². The van der Waals surface area contributed by atoms with E-state index in [-0.39, 0.29) is 6.61 Å². The Balaban J connectivity index is 1.93. The van der Waals surface area contributed by atoms with Crippen LogP contribution in [0.15, 0.2) is 28.7 Å². The molecule has 0 bridgehead atoms.